The Kier molecular flexibility index (Phi) is 3.42. The normalized spacial score (nSPS) is 12.7. The number of aromatic nitrogens is 4. The van der Waals surface area contributed by atoms with Crippen LogP contribution in [-0.2, 0) is 0 Å². The van der Waals surface area contributed by atoms with Gasteiger partial charge in [-0.15, -0.1) is 0 Å². The van der Waals surface area contributed by atoms with Crippen molar-refractivity contribution in [1.29, 1.82) is 0 Å². The van der Waals surface area contributed by atoms with E-state index in [4.69, 9.17) is 19.9 Å². The van der Waals surface area contributed by atoms with Gasteiger partial charge < -0.3 is 0 Å². The summed E-state index contributed by atoms with van der Waals surface area (Å²) in [4.78, 5) is 18.9. The van der Waals surface area contributed by atoms with E-state index in [0.29, 0.717) is 22.1 Å². The van der Waals surface area contributed by atoms with E-state index in [1.165, 1.54) is 0 Å². The van der Waals surface area contributed by atoms with E-state index >= 15 is 0 Å². The van der Waals surface area contributed by atoms with Crippen molar-refractivity contribution in [3.05, 3.63) is 83.9 Å². The summed E-state index contributed by atoms with van der Waals surface area (Å²) in [5.74, 6) is -3.93. The van der Waals surface area contributed by atoms with Gasteiger partial charge in [0.05, 0.1) is 44.1 Å². The molecule has 0 bridgehead atoms. The van der Waals surface area contributed by atoms with Gasteiger partial charge in [-0.1, -0.05) is 36.4 Å². The fourth-order valence-electron chi connectivity index (χ4n) is 6.04. The van der Waals surface area contributed by atoms with Crippen molar-refractivity contribution in [2.75, 3.05) is 0 Å². The van der Waals surface area contributed by atoms with E-state index in [0.717, 1.165) is 67.4 Å². The van der Waals surface area contributed by atoms with Crippen molar-refractivity contribution in [1.82, 2.24) is 19.9 Å². The van der Waals surface area contributed by atoms with Crippen LogP contribution >= 0.6 is 0 Å². The number of halogens is 4. The van der Waals surface area contributed by atoms with Gasteiger partial charge >= 0.3 is 0 Å². The van der Waals surface area contributed by atoms with Gasteiger partial charge in [-0.2, -0.15) is 0 Å². The first-order chi connectivity index (χ1) is 18.5. The maximum absolute atomic E-state index is 14.1. The first kappa shape index (κ1) is 20.1. The average Bonchev–Trinajstić information content (AvgIpc) is 3.40. The summed E-state index contributed by atoms with van der Waals surface area (Å²) < 4.78 is 56.2. The number of fused-ring (bicyclic) bond motifs is 10. The molecule has 0 aliphatic carbocycles. The minimum absolute atomic E-state index is 0.258. The zero-order valence-electron chi connectivity index (χ0n) is 19.1. The van der Waals surface area contributed by atoms with Gasteiger partial charge in [0.1, 0.15) is 0 Å². The Morgan fingerprint density at radius 1 is 0.368 bits per heavy atom. The lowest BCUT2D eigenvalue weighted by Crippen LogP contribution is -1.90. The molecule has 0 aliphatic rings. The fraction of sp³-hybridized carbons (Fsp3) is 0. The zero-order chi connectivity index (χ0) is 25.4. The highest BCUT2D eigenvalue weighted by molar-refractivity contribution is 6.46. The monoisotopic (exact) mass is 502 g/mol. The molecule has 178 valence electrons. The van der Waals surface area contributed by atoms with Gasteiger partial charge in [0.2, 0.25) is 0 Å². The molecule has 0 aliphatic heterocycles. The predicted molar refractivity (Wildman–Crippen MR) is 140 cm³/mol. The van der Waals surface area contributed by atoms with E-state index in [2.05, 4.69) is 0 Å². The lowest BCUT2D eigenvalue weighted by Gasteiger charge is -2.06. The first-order valence-electron chi connectivity index (χ1n) is 11.8. The fourth-order valence-corrected chi connectivity index (χ4v) is 6.04. The van der Waals surface area contributed by atoms with Gasteiger partial charge in [-0.25, -0.2) is 37.5 Å². The molecule has 0 radical (unpaired) electrons. The molecule has 9 aromatic rings. The van der Waals surface area contributed by atoms with E-state index in [9.17, 15) is 17.6 Å². The maximum Gasteiger partial charge on any atom is 0.161 e. The molecule has 0 N–H and O–H groups in total. The second kappa shape index (κ2) is 6.47. The molecule has 8 heteroatoms. The van der Waals surface area contributed by atoms with Gasteiger partial charge in [-0.3, -0.25) is 0 Å². The van der Waals surface area contributed by atoms with E-state index in [-0.39, 0.29) is 22.1 Å². The Morgan fingerprint density at radius 3 is 1.05 bits per heavy atom. The lowest BCUT2D eigenvalue weighted by molar-refractivity contribution is 0.510. The van der Waals surface area contributed by atoms with Crippen LogP contribution in [0.5, 0.6) is 0 Å². The van der Waals surface area contributed by atoms with Crippen LogP contribution < -0.4 is 0 Å². The predicted octanol–water partition coefficient (Wildman–Crippen LogP) is 7.92. The topological polar surface area (TPSA) is 51.6 Å². The molecular formula is C30H10F4N4. The summed E-state index contributed by atoms with van der Waals surface area (Å²) in [7, 11) is 0. The quantitative estimate of drug-likeness (QED) is 0.156. The largest absolute Gasteiger partial charge is 0.244 e. The van der Waals surface area contributed by atoms with Crippen molar-refractivity contribution in [3.8, 4) is 0 Å². The molecular weight excluding hydrogens is 492 g/mol. The molecule has 0 saturated heterocycles. The van der Waals surface area contributed by atoms with Crippen LogP contribution in [0, 0.1) is 23.3 Å². The molecule has 0 unspecified atom stereocenters. The summed E-state index contributed by atoms with van der Waals surface area (Å²) in [6.45, 7) is 0. The second-order valence-corrected chi connectivity index (χ2v) is 9.56. The number of hydrogen-bond donors (Lipinski definition) is 0. The van der Waals surface area contributed by atoms with E-state index < -0.39 is 23.3 Å². The SMILES string of the molecule is Fc1cc2nc3c4cccc5c4c(c4cccc6c7nc8cc(F)c(F)cc8nc7c5c64)c3nc2cc1F. The summed E-state index contributed by atoms with van der Waals surface area (Å²) >= 11 is 0. The van der Waals surface area contributed by atoms with Crippen molar-refractivity contribution >= 4 is 87.2 Å². The van der Waals surface area contributed by atoms with E-state index in [1.807, 2.05) is 36.4 Å². The summed E-state index contributed by atoms with van der Waals surface area (Å²) in [5.41, 5.74) is 3.41. The van der Waals surface area contributed by atoms with Gasteiger partial charge in [-0.05, 0) is 10.8 Å². The molecule has 7 aromatic carbocycles. The van der Waals surface area contributed by atoms with Crippen LogP contribution in [0.25, 0.3) is 87.2 Å². The standard InChI is InChI=1S/C30H10F4N4/c31-15-7-19-21(9-17(15)33)38-30-26-12-4-2-6-14-24(12)25(11-3-1-5-13(23(11)26)27(30)35-19)29-28(14)36-20-8-16(32)18(34)10-22(20)37-29/h1-10H. The zero-order valence-corrected chi connectivity index (χ0v) is 19.1. The second-order valence-electron chi connectivity index (χ2n) is 9.56. The van der Waals surface area contributed by atoms with Crippen molar-refractivity contribution in [2.24, 2.45) is 0 Å². The number of hydrogen-bond acceptors (Lipinski definition) is 4. The summed E-state index contributed by atoms with van der Waals surface area (Å²) in [5, 5.41) is 6.91. The lowest BCUT2D eigenvalue weighted by atomic mass is 9.96. The van der Waals surface area contributed by atoms with Crippen molar-refractivity contribution in [2.45, 2.75) is 0 Å². The summed E-state index contributed by atoms with van der Waals surface area (Å²) in [6.07, 6.45) is 0. The van der Waals surface area contributed by atoms with Crippen LogP contribution in [0.15, 0.2) is 60.7 Å². The molecule has 0 amide bonds. The molecule has 0 fully saturated rings. The Morgan fingerprint density at radius 2 is 0.684 bits per heavy atom. The number of nitrogens with zero attached hydrogens (tertiary/aromatic N) is 4. The van der Waals surface area contributed by atoms with Crippen LogP contribution in [0.1, 0.15) is 0 Å². The highest BCUT2D eigenvalue weighted by Gasteiger charge is 2.25. The van der Waals surface area contributed by atoms with Crippen LogP contribution in [0.4, 0.5) is 17.6 Å². The number of rotatable bonds is 0. The molecule has 9 rings (SSSR count). The third-order valence-corrected chi connectivity index (χ3v) is 7.56. The molecule has 0 spiro atoms. The van der Waals surface area contributed by atoms with Gasteiger partial charge in [0.25, 0.3) is 0 Å². The Hall–Kier alpha value is -4.98. The third kappa shape index (κ3) is 2.27. The molecule has 2 aromatic heterocycles. The smallest absolute Gasteiger partial charge is 0.161 e. The molecule has 0 saturated carbocycles. The van der Waals surface area contributed by atoms with Crippen molar-refractivity contribution < 1.29 is 17.6 Å². The first-order valence-corrected chi connectivity index (χ1v) is 11.8. The highest BCUT2D eigenvalue weighted by atomic mass is 19.2. The minimum atomic E-state index is -0.986. The van der Waals surface area contributed by atoms with Crippen LogP contribution in [0.3, 0.4) is 0 Å². The average molecular weight is 502 g/mol. The molecule has 2 heterocycles. The third-order valence-electron chi connectivity index (χ3n) is 7.56. The molecule has 0 atom stereocenters. The molecule has 4 nitrogen and oxygen atoms in total. The van der Waals surface area contributed by atoms with Crippen molar-refractivity contribution in [3.63, 3.8) is 0 Å². The summed E-state index contributed by atoms with van der Waals surface area (Å²) in [6, 6.07) is 15.9. The minimum Gasteiger partial charge on any atom is -0.244 e. The maximum atomic E-state index is 14.1. The van der Waals surface area contributed by atoms with E-state index in [1.54, 1.807) is 0 Å². The Labute approximate surface area is 208 Å². The van der Waals surface area contributed by atoms with Gasteiger partial charge in [0, 0.05) is 56.6 Å². The number of benzene rings is 5. The highest BCUT2D eigenvalue weighted by Crippen LogP contribution is 2.49. The van der Waals surface area contributed by atoms with Gasteiger partial charge in [0.15, 0.2) is 23.3 Å². The van der Waals surface area contributed by atoms with Crippen LogP contribution in [0.2, 0.25) is 0 Å². The molecule has 38 heavy (non-hydrogen) atoms. The Balaban J connectivity index is 1.58. The Bertz CT molecular complexity index is 2330. The van der Waals surface area contributed by atoms with Crippen LogP contribution in [-0.4, -0.2) is 19.9 Å².